The fourth-order valence-corrected chi connectivity index (χ4v) is 4.23. The Balaban J connectivity index is 2.08. The number of hydrogen-bond acceptors (Lipinski definition) is 4. The first-order valence-electron chi connectivity index (χ1n) is 7.58. The van der Waals surface area contributed by atoms with Crippen LogP contribution in [0, 0.1) is 0 Å². The largest absolute Gasteiger partial charge is 0.332 e. The summed E-state index contributed by atoms with van der Waals surface area (Å²) in [7, 11) is 3.08. The van der Waals surface area contributed by atoms with Gasteiger partial charge in [-0.15, -0.1) is 0 Å². The number of thioether (sulfide) groups is 1. The van der Waals surface area contributed by atoms with E-state index in [1.54, 1.807) is 19.2 Å². The molecule has 0 radical (unpaired) electrons. The molecule has 0 saturated carbocycles. The number of nitrogens with zero attached hydrogens (tertiary/aromatic N) is 4. The minimum absolute atomic E-state index is 0.344. The second-order valence-corrected chi connectivity index (χ2v) is 7.33. The van der Waals surface area contributed by atoms with E-state index >= 15 is 0 Å². The van der Waals surface area contributed by atoms with Gasteiger partial charge in [-0.3, -0.25) is 13.9 Å². The van der Waals surface area contributed by atoms with Crippen molar-refractivity contribution in [3.8, 4) is 0 Å². The van der Waals surface area contributed by atoms with Gasteiger partial charge in [-0.25, -0.2) is 9.78 Å². The van der Waals surface area contributed by atoms with Crippen molar-refractivity contribution in [2.45, 2.75) is 24.4 Å². The molecule has 6 nitrogen and oxygen atoms in total. The Morgan fingerprint density at radius 1 is 1.16 bits per heavy atom. The second kappa shape index (κ2) is 6.90. The highest BCUT2D eigenvalue weighted by Gasteiger charge is 2.18. The van der Waals surface area contributed by atoms with E-state index < -0.39 is 5.69 Å². The van der Waals surface area contributed by atoms with Crippen molar-refractivity contribution in [2.24, 2.45) is 14.1 Å². The molecule has 1 aromatic carbocycles. The molecule has 3 aromatic rings. The maximum absolute atomic E-state index is 12.5. The Kier molecular flexibility index (Phi) is 4.99. The first-order valence-corrected chi connectivity index (χ1v) is 9.32. The fraction of sp³-hybridized carbons (Fsp3) is 0.312. The van der Waals surface area contributed by atoms with Crippen LogP contribution in [0.25, 0.3) is 11.2 Å². The van der Waals surface area contributed by atoms with Gasteiger partial charge < -0.3 is 4.57 Å². The predicted molar refractivity (Wildman–Crippen MR) is 102 cm³/mol. The normalized spacial score (nSPS) is 11.4. The van der Waals surface area contributed by atoms with E-state index in [0.717, 1.165) is 10.1 Å². The Morgan fingerprint density at radius 3 is 2.52 bits per heavy atom. The van der Waals surface area contributed by atoms with Gasteiger partial charge in [-0.05, 0) is 24.6 Å². The Bertz CT molecular complexity index is 1080. The van der Waals surface area contributed by atoms with Crippen LogP contribution in [0.5, 0.6) is 0 Å². The lowest BCUT2D eigenvalue weighted by Gasteiger charge is -2.07. The molecule has 0 spiro atoms. The molecule has 2 heterocycles. The highest BCUT2D eigenvalue weighted by molar-refractivity contribution is 7.98. The smallest absolute Gasteiger partial charge is 0.313 e. The maximum atomic E-state index is 12.5. The van der Waals surface area contributed by atoms with E-state index in [1.807, 2.05) is 17.6 Å². The lowest BCUT2D eigenvalue weighted by Crippen LogP contribution is -2.37. The third kappa shape index (κ3) is 3.12. The summed E-state index contributed by atoms with van der Waals surface area (Å²) < 4.78 is 4.31. The number of benzene rings is 1. The maximum Gasteiger partial charge on any atom is 0.332 e. The number of imidazole rings is 1. The van der Waals surface area contributed by atoms with Crippen LogP contribution in [0.3, 0.4) is 0 Å². The van der Waals surface area contributed by atoms with Gasteiger partial charge in [-0.1, -0.05) is 41.0 Å². The van der Waals surface area contributed by atoms with Crippen LogP contribution in [0.2, 0.25) is 10.0 Å². The number of aromatic nitrogens is 4. The van der Waals surface area contributed by atoms with Gasteiger partial charge in [0.1, 0.15) is 0 Å². The zero-order valence-electron chi connectivity index (χ0n) is 13.9. The SMILES string of the molecule is CCn1c(SCc2ccc(Cl)cc2Cl)nc2c1c(=O)n(C)c(=O)n2C. The standard InChI is InChI=1S/C16H16Cl2N4O2S/c1-4-22-12-13(20(2)16(24)21(3)14(12)23)19-15(22)25-8-9-5-6-10(17)7-11(9)18/h5-7H,4,8H2,1-3H3. The van der Waals surface area contributed by atoms with E-state index in [4.69, 9.17) is 23.2 Å². The average Bonchev–Trinajstić information content (AvgIpc) is 2.96. The lowest BCUT2D eigenvalue weighted by atomic mass is 10.2. The Labute approximate surface area is 158 Å². The van der Waals surface area contributed by atoms with E-state index in [1.165, 1.54) is 23.4 Å². The number of aryl methyl sites for hydroxylation is 2. The lowest BCUT2D eigenvalue weighted by molar-refractivity contribution is 0.684. The first kappa shape index (κ1) is 18.1. The topological polar surface area (TPSA) is 61.8 Å². The van der Waals surface area contributed by atoms with Crippen molar-refractivity contribution in [3.05, 3.63) is 54.6 Å². The van der Waals surface area contributed by atoms with Crippen LogP contribution >= 0.6 is 35.0 Å². The molecular formula is C16H16Cl2N4O2S. The molecule has 0 fully saturated rings. The number of hydrogen-bond donors (Lipinski definition) is 0. The zero-order chi connectivity index (χ0) is 18.3. The highest BCUT2D eigenvalue weighted by atomic mass is 35.5. The van der Waals surface area contributed by atoms with Crippen molar-refractivity contribution in [3.63, 3.8) is 0 Å². The van der Waals surface area contributed by atoms with Crippen molar-refractivity contribution < 1.29 is 0 Å². The third-order valence-corrected chi connectivity index (χ3v) is 5.61. The molecule has 9 heteroatoms. The molecule has 0 N–H and O–H groups in total. The Hall–Kier alpha value is -1.70. The van der Waals surface area contributed by atoms with Gasteiger partial charge in [-0.2, -0.15) is 0 Å². The summed E-state index contributed by atoms with van der Waals surface area (Å²) in [6, 6.07) is 5.35. The summed E-state index contributed by atoms with van der Waals surface area (Å²) >= 11 is 13.6. The molecule has 0 saturated heterocycles. The minimum Gasteiger partial charge on any atom is -0.313 e. The number of halogens is 2. The van der Waals surface area contributed by atoms with Crippen LogP contribution in [0.15, 0.2) is 32.9 Å². The molecule has 0 aliphatic heterocycles. The monoisotopic (exact) mass is 398 g/mol. The summed E-state index contributed by atoms with van der Waals surface area (Å²) in [6.07, 6.45) is 0. The van der Waals surface area contributed by atoms with Gasteiger partial charge in [0.25, 0.3) is 5.56 Å². The molecule has 132 valence electrons. The van der Waals surface area contributed by atoms with Crippen LogP contribution in [0.4, 0.5) is 0 Å². The molecular weight excluding hydrogens is 383 g/mol. The summed E-state index contributed by atoms with van der Waals surface area (Å²) in [5.74, 6) is 0.577. The first-order chi connectivity index (χ1) is 11.8. The molecule has 0 aliphatic rings. The van der Waals surface area contributed by atoms with Gasteiger partial charge in [0.05, 0.1) is 0 Å². The quantitative estimate of drug-likeness (QED) is 0.633. The van der Waals surface area contributed by atoms with Crippen LogP contribution in [-0.2, 0) is 26.4 Å². The molecule has 25 heavy (non-hydrogen) atoms. The third-order valence-electron chi connectivity index (χ3n) is 4.00. The molecule has 0 aliphatic carbocycles. The molecule has 2 aromatic heterocycles. The van der Waals surface area contributed by atoms with Gasteiger partial charge in [0.2, 0.25) is 0 Å². The van der Waals surface area contributed by atoms with Crippen molar-refractivity contribution in [1.82, 2.24) is 18.7 Å². The summed E-state index contributed by atoms with van der Waals surface area (Å²) in [5.41, 5.74) is 1.00. The second-order valence-electron chi connectivity index (χ2n) is 5.54. The molecule has 0 amide bonds. The van der Waals surface area contributed by atoms with Crippen molar-refractivity contribution in [2.75, 3.05) is 0 Å². The van der Waals surface area contributed by atoms with Crippen LogP contribution < -0.4 is 11.2 Å². The minimum atomic E-state index is -0.393. The zero-order valence-corrected chi connectivity index (χ0v) is 16.2. The van der Waals surface area contributed by atoms with E-state index in [0.29, 0.717) is 38.7 Å². The van der Waals surface area contributed by atoms with Gasteiger partial charge in [0.15, 0.2) is 16.3 Å². The summed E-state index contributed by atoms with van der Waals surface area (Å²) in [6.45, 7) is 2.51. The molecule has 0 atom stereocenters. The average molecular weight is 399 g/mol. The molecule has 0 bridgehead atoms. The van der Waals surface area contributed by atoms with E-state index in [2.05, 4.69) is 4.98 Å². The number of fused-ring (bicyclic) bond motifs is 1. The summed E-state index contributed by atoms with van der Waals surface area (Å²) in [4.78, 5) is 29.1. The van der Waals surface area contributed by atoms with Crippen molar-refractivity contribution >= 4 is 46.1 Å². The van der Waals surface area contributed by atoms with Crippen LogP contribution in [-0.4, -0.2) is 18.7 Å². The van der Waals surface area contributed by atoms with Crippen molar-refractivity contribution in [1.29, 1.82) is 0 Å². The summed E-state index contributed by atoms with van der Waals surface area (Å²) in [5, 5.41) is 1.84. The van der Waals surface area contributed by atoms with E-state index in [-0.39, 0.29) is 5.56 Å². The fourth-order valence-electron chi connectivity index (χ4n) is 2.61. The predicted octanol–water partition coefficient (Wildman–Crippen LogP) is 3.05. The van der Waals surface area contributed by atoms with E-state index in [9.17, 15) is 9.59 Å². The van der Waals surface area contributed by atoms with Crippen LogP contribution in [0.1, 0.15) is 12.5 Å². The van der Waals surface area contributed by atoms with Gasteiger partial charge in [0, 0.05) is 36.4 Å². The molecule has 0 unspecified atom stereocenters. The molecule has 3 rings (SSSR count). The Morgan fingerprint density at radius 2 is 1.88 bits per heavy atom. The highest BCUT2D eigenvalue weighted by Crippen LogP contribution is 2.29. The number of rotatable bonds is 4. The van der Waals surface area contributed by atoms with Gasteiger partial charge >= 0.3 is 5.69 Å².